The summed E-state index contributed by atoms with van der Waals surface area (Å²) >= 11 is 7.18. The van der Waals surface area contributed by atoms with E-state index in [9.17, 15) is 0 Å². The fourth-order valence-electron chi connectivity index (χ4n) is 4.08. The molecule has 0 saturated carbocycles. The molecule has 3 N–H and O–H groups in total. The average molecular weight is 483 g/mol. The Kier molecular flexibility index (Phi) is 6.41. The van der Waals surface area contributed by atoms with Crippen molar-refractivity contribution in [3.05, 3.63) is 54.0 Å². The van der Waals surface area contributed by atoms with Crippen LogP contribution in [0.1, 0.15) is 0 Å². The van der Waals surface area contributed by atoms with Crippen molar-refractivity contribution < 1.29 is 9.47 Å². The Balaban J connectivity index is 1.17. The molecule has 2 fully saturated rings. The number of nitrogens with one attached hydrogen (secondary N) is 3. The number of fused-ring (bicyclic) bond motifs is 1. The SMILES string of the molecule is CN(C)c1ccc(NC(=S)N[C@@H]2CO[C@@H]3[C@@H]2OC[C@@H]3Nc2nccc(-c3cccs3)n2)cc1. The van der Waals surface area contributed by atoms with E-state index in [2.05, 4.69) is 36.9 Å². The second-order valence-electron chi connectivity index (χ2n) is 8.24. The Bertz CT molecular complexity index is 1090. The van der Waals surface area contributed by atoms with Gasteiger partial charge < -0.3 is 30.3 Å². The maximum absolute atomic E-state index is 6.07. The topological polar surface area (TPSA) is 83.6 Å². The molecule has 5 rings (SSSR count). The maximum Gasteiger partial charge on any atom is 0.223 e. The number of anilines is 3. The molecule has 3 aromatic rings. The Morgan fingerprint density at radius 2 is 1.82 bits per heavy atom. The van der Waals surface area contributed by atoms with E-state index in [-0.39, 0.29) is 24.3 Å². The summed E-state index contributed by atoms with van der Waals surface area (Å²) in [5.74, 6) is 0.577. The van der Waals surface area contributed by atoms with Gasteiger partial charge in [0.1, 0.15) is 12.2 Å². The molecule has 8 nitrogen and oxygen atoms in total. The first-order chi connectivity index (χ1) is 16.1. The molecule has 2 saturated heterocycles. The van der Waals surface area contributed by atoms with Crippen LogP contribution in [0.15, 0.2) is 54.0 Å². The lowest BCUT2D eigenvalue weighted by Crippen LogP contribution is -2.46. The van der Waals surface area contributed by atoms with Gasteiger partial charge in [0.05, 0.1) is 35.9 Å². The monoisotopic (exact) mass is 482 g/mol. The van der Waals surface area contributed by atoms with Gasteiger partial charge in [-0.1, -0.05) is 6.07 Å². The first-order valence-electron chi connectivity index (χ1n) is 10.8. The van der Waals surface area contributed by atoms with E-state index >= 15 is 0 Å². The summed E-state index contributed by atoms with van der Waals surface area (Å²) in [5.41, 5.74) is 2.97. The van der Waals surface area contributed by atoms with Crippen molar-refractivity contribution in [1.29, 1.82) is 0 Å². The zero-order valence-corrected chi connectivity index (χ0v) is 20.0. The molecule has 172 valence electrons. The van der Waals surface area contributed by atoms with Crippen molar-refractivity contribution in [2.45, 2.75) is 24.3 Å². The fourth-order valence-corrected chi connectivity index (χ4v) is 5.05. The summed E-state index contributed by atoms with van der Waals surface area (Å²) in [6.07, 6.45) is 1.57. The predicted octanol–water partition coefficient (Wildman–Crippen LogP) is 3.20. The van der Waals surface area contributed by atoms with Crippen LogP contribution in [0.4, 0.5) is 17.3 Å². The minimum atomic E-state index is -0.0985. The quantitative estimate of drug-likeness (QED) is 0.459. The van der Waals surface area contributed by atoms with Crippen LogP contribution in [0.3, 0.4) is 0 Å². The molecule has 4 heterocycles. The number of thiophene rings is 1. The number of hydrogen-bond donors (Lipinski definition) is 3. The number of rotatable bonds is 6. The van der Waals surface area contributed by atoms with E-state index in [0.29, 0.717) is 24.3 Å². The smallest absolute Gasteiger partial charge is 0.223 e. The molecule has 2 aliphatic heterocycles. The van der Waals surface area contributed by atoms with Crippen molar-refractivity contribution in [3.63, 3.8) is 0 Å². The van der Waals surface area contributed by atoms with Gasteiger partial charge in [0.25, 0.3) is 0 Å². The van der Waals surface area contributed by atoms with Crippen molar-refractivity contribution in [1.82, 2.24) is 15.3 Å². The van der Waals surface area contributed by atoms with Crippen LogP contribution in [0, 0.1) is 0 Å². The van der Waals surface area contributed by atoms with Gasteiger partial charge in [-0.15, -0.1) is 11.3 Å². The van der Waals surface area contributed by atoms with Crippen LogP contribution in [0.25, 0.3) is 10.6 Å². The van der Waals surface area contributed by atoms with E-state index in [1.807, 2.05) is 55.9 Å². The Hall–Kier alpha value is -2.79. The van der Waals surface area contributed by atoms with E-state index in [1.165, 1.54) is 0 Å². The first kappa shape index (κ1) is 22.0. The molecule has 4 atom stereocenters. The van der Waals surface area contributed by atoms with Crippen LogP contribution >= 0.6 is 23.6 Å². The molecule has 2 aromatic heterocycles. The number of aromatic nitrogens is 2. The zero-order chi connectivity index (χ0) is 22.8. The van der Waals surface area contributed by atoms with Crippen molar-refractivity contribution in [2.24, 2.45) is 0 Å². The molecule has 33 heavy (non-hydrogen) atoms. The highest BCUT2D eigenvalue weighted by Gasteiger charge is 2.48. The first-order valence-corrected chi connectivity index (χ1v) is 12.1. The lowest BCUT2D eigenvalue weighted by molar-refractivity contribution is 0.0689. The van der Waals surface area contributed by atoms with Crippen molar-refractivity contribution in [3.8, 4) is 10.6 Å². The molecule has 10 heteroatoms. The van der Waals surface area contributed by atoms with E-state index in [1.54, 1.807) is 17.5 Å². The van der Waals surface area contributed by atoms with Gasteiger partial charge in [0.15, 0.2) is 5.11 Å². The van der Waals surface area contributed by atoms with Crippen LogP contribution in [-0.4, -0.2) is 66.7 Å². The zero-order valence-electron chi connectivity index (χ0n) is 18.4. The van der Waals surface area contributed by atoms with Gasteiger partial charge in [-0.25, -0.2) is 9.97 Å². The van der Waals surface area contributed by atoms with Crippen molar-refractivity contribution in [2.75, 3.05) is 42.8 Å². The summed E-state index contributed by atoms with van der Waals surface area (Å²) in [6, 6.07) is 14.0. The molecule has 0 bridgehead atoms. The molecular weight excluding hydrogens is 456 g/mol. The third-order valence-corrected chi connectivity index (χ3v) is 6.87. The average Bonchev–Trinajstić information content (AvgIpc) is 3.55. The van der Waals surface area contributed by atoms with Gasteiger partial charge in [0.2, 0.25) is 5.95 Å². The van der Waals surface area contributed by atoms with Crippen LogP contribution in [-0.2, 0) is 9.47 Å². The summed E-state index contributed by atoms with van der Waals surface area (Å²) in [7, 11) is 4.03. The van der Waals surface area contributed by atoms with Crippen LogP contribution in [0.5, 0.6) is 0 Å². The van der Waals surface area contributed by atoms with Crippen molar-refractivity contribution >= 4 is 46.0 Å². The second kappa shape index (κ2) is 9.60. The largest absolute Gasteiger partial charge is 0.378 e. The number of ether oxygens (including phenoxy) is 2. The van der Waals surface area contributed by atoms with E-state index in [0.717, 1.165) is 21.9 Å². The lowest BCUT2D eigenvalue weighted by Gasteiger charge is -2.20. The Morgan fingerprint density at radius 3 is 2.55 bits per heavy atom. The highest BCUT2D eigenvalue weighted by atomic mass is 32.1. The Labute approximate surface area is 202 Å². The van der Waals surface area contributed by atoms with E-state index in [4.69, 9.17) is 21.7 Å². The molecule has 0 aliphatic carbocycles. The summed E-state index contributed by atoms with van der Waals surface area (Å²) in [4.78, 5) is 12.2. The maximum atomic E-state index is 6.07. The lowest BCUT2D eigenvalue weighted by atomic mass is 10.1. The number of thiocarbonyl (C=S) groups is 1. The van der Waals surface area contributed by atoms with Gasteiger partial charge in [-0.3, -0.25) is 0 Å². The minimum Gasteiger partial charge on any atom is -0.378 e. The molecule has 0 radical (unpaired) electrons. The second-order valence-corrected chi connectivity index (χ2v) is 9.59. The molecule has 2 aliphatic rings. The highest BCUT2D eigenvalue weighted by molar-refractivity contribution is 7.80. The third kappa shape index (κ3) is 4.93. The molecule has 0 spiro atoms. The van der Waals surface area contributed by atoms with Gasteiger partial charge in [-0.2, -0.15) is 0 Å². The summed E-state index contributed by atoms with van der Waals surface area (Å²) in [6.45, 7) is 1.04. The van der Waals surface area contributed by atoms with E-state index < -0.39 is 0 Å². The normalized spacial score (nSPS) is 23.7. The van der Waals surface area contributed by atoms with Crippen LogP contribution < -0.4 is 20.9 Å². The fraction of sp³-hybridized carbons (Fsp3) is 0.348. The van der Waals surface area contributed by atoms with Crippen LogP contribution in [0.2, 0.25) is 0 Å². The molecule has 0 amide bonds. The summed E-state index contributed by atoms with van der Waals surface area (Å²) < 4.78 is 12.1. The van der Waals surface area contributed by atoms with Gasteiger partial charge >= 0.3 is 0 Å². The highest BCUT2D eigenvalue weighted by Crippen LogP contribution is 2.29. The predicted molar refractivity (Wildman–Crippen MR) is 136 cm³/mol. The number of nitrogens with zero attached hydrogens (tertiary/aromatic N) is 3. The Morgan fingerprint density at radius 1 is 1.06 bits per heavy atom. The number of benzene rings is 1. The number of hydrogen-bond acceptors (Lipinski definition) is 8. The third-order valence-electron chi connectivity index (χ3n) is 5.76. The minimum absolute atomic E-state index is 0.0266. The summed E-state index contributed by atoms with van der Waals surface area (Å²) in [5, 5.41) is 12.6. The molecular formula is C23H26N6O2S2. The molecule has 0 unspecified atom stereocenters. The van der Waals surface area contributed by atoms with Gasteiger partial charge in [-0.05, 0) is 54.0 Å². The standard InChI is InChI=1S/C23H26N6O2S2/c1-29(2)15-7-5-14(6-8-15)25-23(32)28-18-13-31-20-17(12-30-21(18)20)27-22-24-10-9-16(26-22)19-4-3-11-33-19/h3-11,17-18,20-21H,12-13H2,1-2H3,(H,24,26,27)(H2,25,28,32)/t17-,18+,20-,21+/m0/s1. The van der Waals surface area contributed by atoms with Gasteiger partial charge in [0, 0.05) is 31.7 Å². The molecule has 1 aromatic carbocycles.